The summed E-state index contributed by atoms with van der Waals surface area (Å²) in [5.41, 5.74) is 4.87. The second-order valence-corrected chi connectivity index (χ2v) is 6.48. The van der Waals surface area contributed by atoms with Crippen molar-refractivity contribution in [3.05, 3.63) is 58.1 Å². The maximum atomic E-state index is 14.3. The van der Waals surface area contributed by atoms with Gasteiger partial charge in [0.15, 0.2) is 5.82 Å². The van der Waals surface area contributed by atoms with Gasteiger partial charge < -0.3 is 21.2 Å². The first-order valence-electron chi connectivity index (χ1n) is 9.13. The van der Waals surface area contributed by atoms with E-state index in [1.165, 1.54) is 30.5 Å². The van der Waals surface area contributed by atoms with E-state index >= 15 is 0 Å². The van der Waals surface area contributed by atoms with E-state index in [-0.39, 0.29) is 36.9 Å². The van der Waals surface area contributed by atoms with E-state index < -0.39 is 23.9 Å². The van der Waals surface area contributed by atoms with Gasteiger partial charge in [0.1, 0.15) is 19.0 Å². The molecule has 0 atom stereocenters. The molecule has 30 heavy (non-hydrogen) atoms. The molecule has 11 heteroatoms. The number of anilines is 1. The highest BCUT2D eigenvalue weighted by molar-refractivity contribution is 5.76. The minimum atomic E-state index is -3.20. The number of hydrogen-bond acceptors (Lipinski definition) is 6. The van der Waals surface area contributed by atoms with E-state index in [0.29, 0.717) is 5.69 Å². The third-order valence-corrected chi connectivity index (χ3v) is 3.95. The third-order valence-electron chi connectivity index (χ3n) is 3.95. The Hall–Kier alpha value is -3.50. The lowest BCUT2D eigenvalue weighted by atomic mass is 10.1. The van der Waals surface area contributed by atoms with Crippen molar-refractivity contribution in [3.8, 4) is 0 Å². The van der Waals surface area contributed by atoms with Crippen LogP contribution in [0.1, 0.15) is 18.2 Å². The van der Waals surface area contributed by atoms with Crippen LogP contribution in [0.4, 0.5) is 14.6 Å². The summed E-state index contributed by atoms with van der Waals surface area (Å²) in [6.07, 6.45) is 1.33. The van der Waals surface area contributed by atoms with Crippen LogP contribution in [0.15, 0.2) is 46.5 Å². The number of amides is 1. The number of nitrogens with one attached hydrogen (secondary N) is 2. The molecule has 0 spiro atoms. The zero-order valence-electron chi connectivity index (χ0n) is 16.7. The van der Waals surface area contributed by atoms with Gasteiger partial charge in [-0.3, -0.25) is 14.2 Å². The van der Waals surface area contributed by atoms with E-state index in [1.807, 2.05) is 0 Å². The van der Waals surface area contributed by atoms with Crippen LogP contribution >= 0.6 is 0 Å². The lowest BCUT2D eigenvalue weighted by molar-refractivity contribution is -0.122. The summed E-state index contributed by atoms with van der Waals surface area (Å²) in [5, 5.41) is 8.47. The number of aryl methyl sites for hydroxylation is 1. The van der Waals surface area contributed by atoms with E-state index in [0.717, 1.165) is 4.57 Å². The molecule has 1 aromatic heterocycles. The number of rotatable bonds is 10. The van der Waals surface area contributed by atoms with Gasteiger partial charge in [0, 0.05) is 17.5 Å². The van der Waals surface area contributed by atoms with Crippen LogP contribution in [0.25, 0.3) is 0 Å². The van der Waals surface area contributed by atoms with Gasteiger partial charge in [-0.05, 0) is 13.8 Å². The fourth-order valence-electron chi connectivity index (χ4n) is 2.45. The van der Waals surface area contributed by atoms with Crippen LogP contribution in [0, 0.1) is 6.92 Å². The molecule has 0 aliphatic heterocycles. The van der Waals surface area contributed by atoms with E-state index in [1.54, 1.807) is 19.9 Å². The molecule has 1 aromatic carbocycles. The Morgan fingerprint density at radius 2 is 2.03 bits per heavy atom. The second-order valence-electron chi connectivity index (χ2n) is 6.48. The van der Waals surface area contributed by atoms with Crippen molar-refractivity contribution in [2.75, 3.05) is 25.0 Å². The van der Waals surface area contributed by atoms with E-state index in [2.05, 4.69) is 20.8 Å². The van der Waals surface area contributed by atoms with Crippen molar-refractivity contribution >= 4 is 17.6 Å². The number of oxime groups is 1. The normalized spacial score (nSPS) is 11.8. The molecule has 0 unspecified atom stereocenters. The minimum absolute atomic E-state index is 0.103. The van der Waals surface area contributed by atoms with Gasteiger partial charge in [0.05, 0.1) is 13.1 Å². The average molecular weight is 422 g/mol. The molecule has 0 saturated carbocycles. The number of nitrogens with zero attached hydrogens (tertiary/aromatic N) is 3. The first-order chi connectivity index (χ1) is 14.2. The molecule has 0 aliphatic carbocycles. The zero-order chi connectivity index (χ0) is 22.1. The smallest absolute Gasteiger partial charge is 0.293 e. The van der Waals surface area contributed by atoms with Gasteiger partial charge in [-0.1, -0.05) is 35.5 Å². The van der Waals surface area contributed by atoms with E-state index in [9.17, 15) is 18.4 Å². The molecule has 0 bridgehead atoms. The lowest BCUT2D eigenvalue weighted by Crippen LogP contribution is -2.36. The topological polar surface area (TPSA) is 124 Å². The Morgan fingerprint density at radius 3 is 2.70 bits per heavy atom. The van der Waals surface area contributed by atoms with Gasteiger partial charge in [-0.15, -0.1) is 0 Å². The highest BCUT2D eigenvalue weighted by Gasteiger charge is 2.31. The van der Waals surface area contributed by atoms with E-state index in [4.69, 9.17) is 10.6 Å². The molecule has 1 heterocycles. The monoisotopic (exact) mass is 422 g/mol. The summed E-state index contributed by atoms with van der Waals surface area (Å²) in [6, 6.07) is 7.26. The van der Waals surface area contributed by atoms with Crippen molar-refractivity contribution in [2.45, 2.75) is 26.3 Å². The molecule has 0 aliphatic rings. The molecule has 4 N–H and O–H groups in total. The lowest BCUT2D eigenvalue weighted by Gasteiger charge is -2.18. The average Bonchev–Trinajstić information content (AvgIpc) is 2.70. The third kappa shape index (κ3) is 6.54. The summed E-state index contributed by atoms with van der Waals surface area (Å²) >= 11 is 0. The summed E-state index contributed by atoms with van der Waals surface area (Å²) in [6.45, 7) is 2.29. The molecule has 9 nitrogen and oxygen atoms in total. The Bertz CT molecular complexity index is 943. The molecule has 0 fully saturated rings. The number of benzene rings is 1. The van der Waals surface area contributed by atoms with Gasteiger partial charge in [-0.25, -0.2) is 4.98 Å². The Labute approximate surface area is 171 Å². The standard InChI is InChI=1S/C19H24F2N6O3/c1-13-10-24-17(25-12-19(20,21)15-6-4-3-5-7-15)18(29)27(13)11-16(28)23-8-9-30-26-14(2)22/h3-7,10H,8-9,11-12H2,1-2H3,(H2,22,26)(H,23,28)(H,24,25). The predicted molar refractivity (Wildman–Crippen MR) is 108 cm³/mol. The van der Waals surface area contributed by atoms with Gasteiger partial charge in [0.25, 0.3) is 11.5 Å². The first-order valence-corrected chi connectivity index (χ1v) is 9.13. The van der Waals surface area contributed by atoms with Crippen molar-refractivity contribution in [1.29, 1.82) is 0 Å². The van der Waals surface area contributed by atoms with Crippen LogP contribution in [0.3, 0.4) is 0 Å². The van der Waals surface area contributed by atoms with Crippen molar-refractivity contribution in [2.24, 2.45) is 10.9 Å². The molecule has 162 valence electrons. The SMILES string of the molecule is CC(N)=NOCCNC(=O)Cn1c(C)cnc(NCC(F)(F)c2ccccc2)c1=O. The largest absolute Gasteiger partial charge is 0.393 e. The van der Waals surface area contributed by atoms with Crippen LogP contribution in [0.2, 0.25) is 0 Å². The quantitative estimate of drug-likeness (QED) is 0.229. The molecule has 0 saturated heterocycles. The Morgan fingerprint density at radius 1 is 1.33 bits per heavy atom. The fraction of sp³-hybridized carbons (Fsp3) is 0.368. The number of aromatic nitrogens is 2. The maximum absolute atomic E-state index is 14.3. The van der Waals surface area contributed by atoms with Crippen molar-refractivity contribution in [1.82, 2.24) is 14.9 Å². The molecule has 0 radical (unpaired) electrons. The Kier molecular flexibility index (Phi) is 7.84. The zero-order valence-corrected chi connectivity index (χ0v) is 16.7. The van der Waals surface area contributed by atoms with Gasteiger partial charge >= 0.3 is 0 Å². The van der Waals surface area contributed by atoms with Crippen molar-refractivity contribution in [3.63, 3.8) is 0 Å². The summed E-state index contributed by atoms with van der Waals surface area (Å²) in [7, 11) is 0. The van der Waals surface area contributed by atoms with Gasteiger partial charge in [-0.2, -0.15) is 8.78 Å². The molecule has 2 rings (SSSR count). The fourth-order valence-corrected chi connectivity index (χ4v) is 2.45. The second kappa shape index (κ2) is 10.3. The summed E-state index contributed by atoms with van der Waals surface area (Å²) in [4.78, 5) is 33.4. The molecular weight excluding hydrogens is 398 g/mol. The Balaban J connectivity index is 2.00. The van der Waals surface area contributed by atoms with Crippen LogP contribution in [-0.4, -0.2) is 41.0 Å². The predicted octanol–water partition coefficient (Wildman–Crippen LogP) is 1.18. The number of nitrogens with two attached hydrogens (primary N) is 1. The van der Waals surface area contributed by atoms with Crippen LogP contribution in [-0.2, 0) is 22.1 Å². The number of carbonyl (C=O) groups excluding carboxylic acids is 1. The molecule has 2 aromatic rings. The summed E-state index contributed by atoms with van der Waals surface area (Å²) < 4.78 is 29.8. The first kappa shape index (κ1) is 22.8. The van der Waals surface area contributed by atoms with Crippen LogP contribution < -0.4 is 21.9 Å². The number of halogens is 2. The molecular formula is C19H24F2N6O3. The van der Waals surface area contributed by atoms with Crippen molar-refractivity contribution < 1.29 is 18.4 Å². The number of amidine groups is 1. The number of alkyl halides is 2. The molecule has 1 amide bonds. The summed E-state index contributed by atoms with van der Waals surface area (Å²) in [5.74, 6) is -3.67. The maximum Gasteiger partial charge on any atom is 0.293 e. The highest BCUT2D eigenvalue weighted by atomic mass is 19.3. The number of carbonyl (C=O) groups is 1. The minimum Gasteiger partial charge on any atom is -0.393 e. The van der Waals surface area contributed by atoms with Gasteiger partial charge in [0.2, 0.25) is 5.91 Å². The highest BCUT2D eigenvalue weighted by Crippen LogP contribution is 2.27. The van der Waals surface area contributed by atoms with Crippen LogP contribution in [0.5, 0.6) is 0 Å². The number of hydrogen-bond donors (Lipinski definition) is 3.